The number of hydrogen-bond donors (Lipinski definition) is 1. The summed E-state index contributed by atoms with van der Waals surface area (Å²) in [4.78, 5) is 0. The van der Waals surface area contributed by atoms with Crippen molar-refractivity contribution in [1.82, 2.24) is 5.32 Å². The average molecular weight is 320 g/mol. The zero-order chi connectivity index (χ0) is 12.4. The summed E-state index contributed by atoms with van der Waals surface area (Å²) < 4.78 is 26.5. The Bertz CT molecular complexity index is 441. The van der Waals surface area contributed by atoms with E-state index < -0.39 is 10.8 Å². The predicted octanol–water partition coefficient (Wildman–Crippen LogP) is 2.76. The van der Waals surface area contributed by atoms with Crippen molar-refractivity contribution in [3.63, 3.8) is 0 Å². The minimum Gasteiger partial charge on any atom is -0.309 e. The average Bonchev–Trinajstić information content (AvgIpc) is 2.45. The third-order valence-corrected chi connectivity index (χ3v) is 5.34. The molecule has 5 heteroatoms. The molecular formula is C12H15BrFNOS. The molecule has 1 saturated heterocycles. The smallest absolute Gasteiger partial charge is 0.128 e. The summed E-state index contributed by atoms with van der Waals surface area (Å²) in [6, 6.07) is 4.73. The van der Waals surface area contributed by atoms with Gasteiger partial charge in [-0.15, -0.1) is 0 Å². The molecule has 3 unspecified atom stereocenters. The monoisotopic (exact) mass is 319 g/mol. The van der Waals surface area contributed by atoms with Gasteiger partial charge in [0.2, 0.25) is 0 Å². The fourth-order valence-electron chi connectivity index (χ4n) is 1.96. The molecule has 1 aliphatic rings. The summed E-state index contributed by atoms with van der Waals surface area (Å²) in [6.07, 6.45) is 0.874. The van der Waals surface area contributed by atoms with E-state index in [4.69, 9.17) is 0 Å². The van der Waals surface area contributed by atoms with Gasteiger partial charge in [0.1, 0.15) is 5.82 Å². The van der Waals surface area contributed by atoms with Crippen LogP contribution in [-0.4, -0.2) is 21.8 Å². The Labute approximate surface area is 112 Å². The number of hydrogen-bond acceptors (Lipinski definition) is 2. The van der Waals surface area contributed by atoms with Crippen molar-refractivity contribution in [2.24, 2.45) is 0 Å². The molecular weight excluding hydrogens is 305 g/mol. The van der Waals surface area contributed by atoms with Gasteiger partial charge in [-0.1, -0.05) is 22.9 Å². The maximum absolute atomic E-state index is 13.8. The van der Waals surface area contributed by atoms with Crippen LogP contribution in [0.4, 0.5) is 4.39 Å². The lowest BCUT2D eigenvalue weighted by atomic mass is 10.1. The van der Waals surface area contributed by atoms with Crippen molar-refractivity contribution in [2.75, 3.05) is 12.3 Å². The van der Waals surface area contributed by atoms with Crippen molar-refractivity contribution in [2.45, 2.75) is 24.6 Å². The van der Waals surface area contributed by atoms with E-state index in [0.717, 1.165) is 17.4 Å². The molecule has 0 amide bonds. The maximum Gasteiger partial charge on any atom is 0.128 e. The number of benzene rings is 1. The van der Waals surface area contributed by atoms with Crippen molar-refractivity contribution in [3.8, 4) is 0 Å². The van der Waals surface area contributed by atoms with Crippen molar-refractivity contribution < 1.29 is 8.60 Å². The Hall–Kier alpha value is -0.260. The van der Waals surface area contributed by atoms with Crippen LogP contribution in [0.25, 0.3) is 0 Å². The summed E-state index contributed by atoms with van der Waals surface area (Å²) in [7, 11) is -0.892. The lowest BCUT2D eigenvalue weighted by molar-refractivity contribution is 0.533. The Morgan fingerprint density at radius 2 is 2.29 bits per heavy atom. The molecule has 2 rings (SSSR count). The van der Waals surface area contributed by atoms with Crippen LogP contribution < -0.4 is 5.32 Å². The first-order valence-electron chi connectivity index (χ1n) is 5.63. The molecule has 0 spiro atoms. The first kappa shape index (κ1) is 13.2. The second-order valence-electron chi connectivity index (χ2n) is 4.32. The highest BCUT2D eigenvalue weighted by molar-refractivity contribution is 9.10. The standard InChI is InChI=1S/C12H15BrFNOS/c1-8-4-5-15-12(7-17(8)16)10-6-9(13)2-3-11(10)14/h2-3,6,8,12,15H,4-5,7H2,1H3. The van der Waals surface area contributed by atoms with Crippen LogP contribution in [0, 0.1) is 5.82 Å². The van der Waals surface area contributed by atoms with Gasteiger partial charge >= 0.3 is 0 Å². The predicted molar refractivity (Wildman–Crippen MR) is 71.9 cm³/mol. The normalized spacial score (nSPS) is 29.9. The van der Waals surface area contributed by atoms with Crippen LogP contribution in [0.5, 0.6) is 0 Å². The van der Waals surface area contributed by atoms with Crippen LogP contribution in [0.2, 0.25) is 0 Å². The van der Waals surface area contributed by atoms with Gasteiger partial charge in [-0.05, 0) is 31.2 Å². The molecule has 0 radical (unpaired) electrons. The van der Waals surface area contributed by atoms with E-state index in [1.54, 1.807) is 12.1 Å². The second kappa shape index (κ2) is 5.59. The zero-order valence-electron chi connectivity index (χ0n) is 9.58. The highest BCUT2D eigenvalue weighted by atomic mass is 79.9. The zero-order valence-corrected chi connectivity index (χ0v) is 12.0. The lowest BCUT2D eigenvalue weighted by Crippen LogP contribution is -2.25. The number of rotatable bonds is 1. The highest BCUT2D eigenvalue weighted by Crippen LogP contribution is 2.25. The topological polar surface area (TPSA) is 29.1 Å². The molecule has 0 saturated carbocycles. The van der Waals surface area contributed by atoms with Crippen molar-refractivity contribution >= 4 is 26.7 Å². The third kappa shape index (κ3) is 3.14. The van der Waals surface area contributed by atoms with Crippen molar-refractivity contribution in [3.05, 3.63) is 34.1 Å². The van der Waals surface area contributed by atoms with E-state index in [-0.39, 0.29) is 17.1 Å². The molecule has 1 aromatic carbocycles. The van der Waals surface area contributed by atoms with E-state index in [2.05, 4.69) is 21.2 Å². The first-order valence-corrected chi connectivity index (χ1v) is 7.81. The molecule has 1 N–H and O–H groups in total. The van der Waals surface area contributed by atoms with Gasteiger partial charge in [0, 0.05) is 37.9 Å². The Morgan fingerprint density at radius 1 is 1.53 bits per heavy atom. The lowest BCUT2D eigenvalue weighted by Gasteiger charge is -2.16. The molecule has 0 bridgehead atoms. The SMILES string of the molecule is CC1CCNC(c2cc(Br)ccc2F)CS1=O. The van der Waals surface area contributed by atoms with Gasteiger partial charge in [0.15, 0.2) is 0 Å². The molecule has 2 nitrogen and oxygen atoms in total. The Morgan fingerprint density at radius 3 is 3.06 bits per heavy atom. The van der Waals surface area contributed by atoms with Gasteiger partial charge in [-0.25, -0.2) is 4.39 Å². The van der Waals surface area contributed by atoms with Gasteiger partial charge in [-0.3, -0.25) is 4.21 Å². The first-order chi connectivity index (χ1) is 8.08. The molecule has 17 heavy (non-hydrogen) atoms. The largest absolute Gasteiger partial charge is 0.309 e. The summed E-state index contributed by atoms with van der Waals surface area (Å²) in [5.74, 6) is 0.242. The van der Waals surface area contributed by atoms with Gasteiger partial charge < -0.3 is 5.32 Å². The highest BCUT2D eigenvalue weighted by Gasteiger charge is 2.24. The van der Waals surface area contributed by atoms with E-state index >= 15 is 0 Å². The molecule has 0 aliphatic carbocycles. The van der Waals surface area contributed by atoms with Crippen LogP contribution in [0.15, 0.2) is 22.7 Å². The molecule has 0 aromatic heterocycles. The number of nitrogens with one attached hydrogen (secondary N) is 1. The fraction of sp³-hybridized carbons (Fsp3) is 0.500. The quantitative estimate of drug-likeness (QED) is 0.862. The van der Waals surface area contributed by atoms with Crippen LogP contribution >= 0.6 is 15.9 Å². The van der Waals surface area contributed by atoms with E-state index in [0.29, 0.717) is 11.3 Å². The molecule has 1 aliphatic heterocycles. The maximum atomic E-state index is 13.8. The van der Waals surface area contributed by atoms with Gasteiger partial charge in [-0.2, -0.15) is 0 Å². The Balaban J connectivity index is 2.26. The molecule has 1 fully saturated rings. The minimum atomic E-state index is -0.892. The minimum absolute atomic E-state index is 0.154. The molecule has 1 heterocycles. The number of halogens is 2. The van der Waals surface area contributed by atoms with Gasteiger partial charge in [0.25, 0.3) is 0 Å². The summed E-state index contributed by atoms with van der Waals surface area (Å²) in [6.45, 7) is 2.76. The fourth-order valence-corrected chi connectivity index (χ4v) is 3.68. The Kier molecular flexibility index (Phi) is 4.33. The molecule has 3 atom stereocenters. The summed E-state index contributed by atoms with van der Waals surface area (Å²) in [5, 5.41) is 3.46. The van der Waals surface area contributed by atoms with Crippen LogP contribution in [0.3, 0.4) is 0 Å². The third-order valence-electron chi connectivity index (χ3n) is 3.05. The van der Waals surface area contributed by atoms with Crippen LogP contribution in [-0.2, 0) is 10.8 Å². The summed E-state index contributed by atoms with van der Waals surface area (Å²) >= 11 is 3.34. The molecule has 94 valence electrons. The van der Waals surface area contributed by atoms with Crippen molar-refractivity contribution in [1.29, 1.82) is 0 Å². The van der Waals surface area contributed by atoms with E-state index in [1.165, 1.54) is 6.07 Å². The van der Waals surface area contributed by atoms with Crippen LogP contribution in [0.1, 0.15) is 24.9 Å². The van der Waals surface area contributed by atoms with E-state index in [1.807, 2.05) is 6.92 Å². The van der Waals surface area contributed by atoms with E-state index in [9.17, 15) is 8.60 Å². The second-order valence-corrected chi connectivity index (χ2v) is 7.13. The van der Waals surface area contributed by atoms with Gasteiger partial charge in [0.05, 0.1) is 0 Å². The molecule has 1 aromatic rings. The summed E-state index contributed by atoms with van der Waals surface area (Å²) in [5.41, 5.74) is 0.599.